The third-order valence-corrected chi connectivity index (χ3v) is 6.21. The summed E-state index contributed by atoms with van der Waals surface area (Å²) >= 11 is 12.1. The molecule has 0 bridgehead atoms. The molecule has 0 spiro atoms. The lowest BCUT2D eigenvalue weighted by atomic mass is 9.82. The van der Waals surface area contributed by atoms with E-state index in [1.165, 1.54) is 6.07 Å². The molecule has 1 aliphatic rings. The Morgan fingerprint density at radius 3 is 2.48 bits per heavy atom. The molecule has 3 aromatic rings. The molecule has 0 saturated carbocycles. The molecule has 1 aliphatic heterocycles. The summed E-state index contributed by atoms with van der Waals surface area (Å²) < 4.78 is 27.3. The van der Waals surface area contributed by atoms with Crippen LogP contribution in [-0.2, 0) is 28.3 Å². The first-order valence-corrected chi connectivity index (χ1v) is 11.0. The van der Waals surface area contributed by atoms with E-state index in [0.29, 0.717) is 30.2 Å². The number of hydrogen-bond acceptors (Lipinski definition) is 3. The predicted octanol–water partition coefficient (Wildman–Crippen LogP) is 6.12. The van der Waals surface area contributed by atoms with Gasteiger partial charge in [0, 0.05) is 17.1 Å². The average Bonchev–Trinajstić information content (AvgIpc) is 2.80. The first-order valence-electron chi connectivity index (χ1n) is 10.3. The maximum absolute atomic E-state index is 14.4. The van der Waals surface area contributed by atoms with Gasteiger partial charge >= 0.3 is 0 Å². The molecule has 31 heavy (non-hydrogen) atoms. The van der Waals surface area contributed by atoms with Crippen LogP contribution in [0.25, 0.3) is 0 Å². The molecule has 0 amide bonds. The maximum Gasteiger partial charge on any atom is 0.147 e. The summed E-state index contributed by atoms with van der Waals surface area (Å²) in [5.74, 6) is -0.449. The number of nitrogens with one attached hydrogen (secondary N) is 1. The Kier molecular flexibility index (Phi) is 7.26. The van der Waals surface area contributed by atoms with Gasteiger partial charge in [-0.3, -0.25) is 0 Å². The molecule has 0 unspecified atom stereocenters. The van der Waals surface area contributed by atoms with Crippen molar-refractivity contribution in [2.75, 3.05) is 13.1 Å². The lowest BCUT2D eigenvalue weighted by Crippen LogP contribution is -2.54. The second-order valence-corrected chi connectivity index (χ2v) is 8.48. The van der Waals surface area contributed by atoms with Gasteiger partial charge in [0.05, 0.1) is 18.2 Å². The van der Waals surface area contributed by atoms with Crippen LogP contribution in [0.15, 0.2) is 72.8 Å². The van der Waals surface area contributed by atoms with E-state index in [1.807, 2.05) is 54.6 Å². The molecule has 6 heteroatoms. The minimum atomic E-state index is -0.694. The molecule has 1 fully saturated rings. The van der Waals surface area contributed by atoms with Crippen LogP contribution in [0.5, 0.6) is 0 Å². The van der Waals surface area contributed by atoms with Gasteiger partial charge in [-0.05, 0) is 42.3 Å². The lowest BCUT2D eigenvalue weighted by Gasteiger charge is -2.44. The fourth-order valence-electron chi connectivity index (χ4n) is 3.97. The minimum absolute atomic E-state index is 0.0900. The Morgan fingerprint density at radius 2 is 1.71 bits per heavy atom. The highest BCUT2D eigenvalue weighted by molar-refractivity contribution is 6.31. The predicted molar refractivity (Wildman–Crippen MR) is 122 cm³/mol. The van der Waals surface area contributed by atoms with Crippen LogP contribution in [0.1, 0.15) is 23.1 Å². The highest BCUT2D eigenvalue weighted by Gasteiger charge is 2.44. The highest BCUT2D eigenvalue weighted by Crippen LogP contribution is 2.39. The molecule has 0 aliphatic carbocycles. The number of benzene rings is 3. The van der Waals surface area contributed by atoms with Crippen molar-refractivity contribution in [3.63, 3.8) is 0 Å². The van der Waals surface area contributed by atoms with Crippen molar-refractivity contribution in [1.82, 2.24) is 5.32 Å². The highest BCUT2D eigenvalue weighted by atomic mass is 35.5. The van der Waals surface area contributed by atoms with Gasteiger partial charge in [0.1, 0.15) is 17.5 Å². The Morgan fingerprint density at radius 1 is 0.935 bits per heavy atom. The van der Waals surface area contributed by atoms with Crippen molar-refractivity contribution in [2.24, 2.45) is 0 Å². The first kappa shape index (κ1) is 22.3. The largest absolute Gasteiger partial charge is 0.369 e. The average molecular weight is 460 g/mol. The van der Waals surface area contributed by atoms with Gasteiger partial charge < -0.3 is 14.8 Å². The SMILES string of the molecule is Fc1c(Cl)cccc1CO[C@H]1CNCC[C@]1(OCc1ccccc1)c1ccc(Cl)cc1. The zero-order chi connectivity index (χ0) is 21.7. The molecule has 3 aromatic carbocycles. The second-order valence-electron chi connectivity index (χ2n) is 7.64. The topological polar surface area (TPSA) is 30.5 Å². The Hall–Kier alpha value is -1.95. The smallest absolute Gasteiger partial charge is 0.147 e. The van der Waals surface area contributed by atoms with E-state index in [4.69, 9.17) is 32.7 Å². The van der Waals surface area contributed by atoms with E-state index in [2.05, 4.69) is 5.32 Å². The summed E-state index contributed by atoms with van der Waals surface area (Å²) in [6.45, 7) is 1.90. The molecule has 162 valence electrons. The monoisotopic (exact) mass is 459 g/mol. The van der Waals surface area contributed by atoms with Gasteiger partial charge in [0.15, 0.2) is 0 Å². The van der Waals surface area contributed by atoms with Crippen molar-refractivity contribution in [2.45, 2.75) is 31.3 Å². The van der Waals surface area contributed by atoms with Crippen molar-refractivity contribution in [3.05, 3.63) is 105 Å². The van der Waals surface area contributed by atoms with Crippen LogP contribution in [0, 0.1) is 5.82 Å². The summed E-state index contributed by atoms with van der Waals surface area (Å²) in [7, 11) is 0. The summed E-state index contributed by atoms with van der Waals surface area (Å²) in [6, 6.07) is 22.7. The van der Waals surface area contributed by atoms with Crippen LogP contribution >= 0.6 is 23.2 Å². The molecular formula is C25H24Cl2FNO2. The molecule has 3 nitrogen and oxygen atoms in total. The quantitative estimate of drug-likeness (QED) is 0.461. The Labute approximate surface area is 192 Å². The van der Waals surface area contributed by atoms with Crippen molar-refractivity contribution < 1.29 is 13.9 Å². The standard InChI is InChI=1S/C25H24Cl2FNO2/c26-21-11-9-20(10-12-21)25(31-16-18-5-2-1-3-6-18)13-14-29-15-23(25)30-17-19-7-4-8-22(27)24(19)28/h1-12,23,29H,13-17H2/t23-,25-/m0/s1. The summed E-state index contributed by atoms with van der Waals surface area (Å²) in [6.07, 6.45) is 0.383. The number of piperidine rings is 1. The summed E-state index contributed by atoms with van der Waals surface area (Å²) in [5, 5.41) is 4.13. The number of rotatable bonds is 7. The third-order valence-electron chi connectivity index (χ3n) is 5.67. The molecule has 1 N–H and O–H groups in total. The second kappa shape index (κ2) is 10.1. The van der Waals surface area contributed by atoms with Gasteiger partial charge in [-0.15, -0.1) is 0 Å². The van der Waals surface area contributed by atoms with Crippen LogP contribution in [-0.4, -0.2) is 19.2 Å². The molecule has 1 saturated heterocycles. The summed E-state index contributed by atoms with van der Waals surface area (Å²) in [4.78, 5) is 0. The minimum Gasteiger partial charge on any atom is -0.369 e. The van der Waals surface area contributed by atoms with Crippen LogP contribution in [0.2, 0.25) is 10.0 Å². The van der Waals surface area contributed by atoms with Gasteiger partial charge in [0.2, 0.25) is 0 Å². The first-order chi connectivity index (χ1) is 15.1. The Balaban J connectivity index is 1.62. The number of ether oxygens (including phenoxy) is 2. The van der Waals surface area contributed by atoms with Crippen LogP contribution in [0.3, 0.4) is 0 Å². The third kappa shape index (κ3) is 5.11. The molecule has 1 heterocycles. The number of hydrogen-bond donors (Lipinski definition) is 1. The summed E-state index contributed by atoms with van der Waals surface area (Å²) in [5.41, 5.74) is 1.80. The van der Waals surface area contributed by atoms with Gasteiger partial charge in [-0.25, -0.2) is 4.39 Å². The van der Waals surface area contributed by atoms with Crippen molar-refractivity contribution >= 4 is 23.2 Å². The van der Waals surface area contributed by atoms with E-state index >= 15 is 0 Å². The van der Waals surface area contributed by atoms with Crippen LogP contribution in [0.4, 0.5) is 4.39 Å². The zero-order valence-electron chi connectivity index (χ0n) is 17.0. The van der Waals surface area contributed by atoms with Gasteiger partial charge in [-0.2, -0.15) is 0 Å². The van der Waals surface area contributed by atoms with Gasteiger partial charge in [0.25, 0.3) is 0 Å². The zero-order valence-corrected chi connectivity index (χ0v) is 18.5. The number of halogens is 3. The fourth-order valence-corrected chi connectivity index (χ4v) is 4.29. The van der Waals surface area contributed by atoms with E-state index in [-0.39, 0.29) is 17.7 Å². The van der Waals surface area contributed by atoms with E-state index < -0.39 is 11.4 Å². The molecule has 2 atom stereocenters. The molecular weight excluding hydrogens is 436 g/mol. The van der Waals surface area contributed by atoms with Crippen LogP contribution < -0.4 is 5.32 Å². The normalized spacial score (nSPS) is 21.2. The van der Waals surface area contributed by atoms with Crippen molar-refractivity contribution in [1.29, 1.82) is 0 Å². The van der Waals surface area contributed by atoms with E-state index in [0.717, 1.165) is 17.7 Å². The lowest BCUT2D eigenvalue weighted by molar-refractivity contribution is -0.176. The maximum atomic E-state index is 14.4. The van der Waals surface area contributed by atoms with E-state index in [1.54, 1.807) is 12.1 Å². The molecule has 0 radical (unpaired) electrons. The van der Waals surface area contributed by atoms with Crippen molar-refractivity contribution in [3.8, 4) is 0 Å². The fraction of sp³-hybridized carbons (Fsp3) is 0.280. The molecule has 0 aromatic heterocycles. The Bertz CT molecular complexity index is 1000. The van der Waals surface area contributed by atoms with E-state index in [9.17, 15) is 4.39 Å². The molecule has 4 rings (SSSR count). The van der Waals surface area contributed by atoms with Gasteiger partial charge in [-0.1, -0.05) is 77.8 Å².